The van der Waals surface area contributed by atoms with Crippen molar-refractivity contribution in [3.8, 4) is 5.75 Å². The summed E-state index contributed by atoms with van der Waals surface area (Å²) < 4.78 is 66.2. The van der Waals surface area contributed by atoms with Crippen LogP contribution in [0.25, 0.3) is 10.8 Å². The van der Waals surface area contributed by atoms with E-state index in [0.29, 0.717) is 6.07 Å². The third-order valence-electron chi connectivity index (χ3n) is 2.48. The molecule has 0 unspecified atom stereocenters. The fourth-order valence-corrected chi connectivity index (χ4v) is 3.09. The zero-order valence-corrected chi connectivity index (χ0v) is 10.7. The summed E-state index contributed by atoms with van der Waals surface area (Å²) in [4.78, 5) is -2.00. The normalized spacial score (nSPS) is 12.7. The summed E-state index contributed by atoms with van der Waals surface area (Å²) >= 11 is 0. The van der Waals surface area contributed by atoms with Gasteiger partial charge in [-0.1, -0.05) is 24.3 Å². The predicted molar refractivity (Wildman–Crippen MR) is 61.5 cm³/mol. The van der Waals surface area contributed by atoms with Gasteiger partial charge in [-0.3, -0.25) is 0 Å². The topological polar surface area (TPSA) is 135 Å². The summed E-state index contributed by atoms with van der Waals surface area (Å²) in [7, 11) is -10.1. The molecule has 0 aromatic heterocycles. The van der Waals surface area contributed by atoms with Gasteiger partial charge in [0, 0.05) is 10.8 Å². The molecule has 0 radical (unpaired) electrons. The van der Waals surface area contributed by atoms with Gasteiger partial charge in [0.25, 0.3) is 0 Å². The van der Waals surface area contributed by atoms with Crippen molar-refractivity contribution in [2.24, 2.45) is 0 Å². The van der Waals surface area contributed by atoms with Crippen molar-refractivity contribution in [1.82, 2.24) is 0 Å². The zero-order chi connectivity index (χ0) is 14.4. The van der Waals surface area contributed by atoms with Gasteiger partial charge >= 0.3 is 0 Å². The van der Waals surface area contributed by atoms with E-state index >= 15 is 0 Å². The maximum absolute atomic E-state index is 11.1. The first-order chi connectivity index (χ1) is 8.62. The smallest absolute Gasteiger partial charge is 0.140 e. The molecule has 0 fully saturated rings. The Morgan fingerprint density at radius 1 is 0.842 bits per heavy atom. The van der Waals surface area contributed by atoms with E-state index in [1.807, 2.05) is 0 Å². The van der Waals surface area contributed by atoms with Crippen molar-refractivity contribution >= 4 is 31.0 Å². The van der Waals surface area contributed by atoms with E-state index in [1.165, 1.54) is 24.3 Å². The molecule has 19 heavy (non-hydrogen) atoms. The Kier molecular flexibility index (Phi) is 3.01. The second kappa shape index (κ2) is 4.17. The number of fused-ring (bicyclic) bond motifs is 1. The monoisotopic (exact) mass is 302 g/mol. The molecule has 0 spiro atoms. The first-order valence-corrected chi connectivity index (χ1v) is 7.60. The van der Waals surface area contributed by atoms with Gasteiger partial charge in [0.15, 0.2) is 0 Å². The van der Waals surface area contributed by atoms with E-state index in [2.05, 4.69) is 0 Å². The third-order valence-corrected chi connectivity index (χ3v) is 4.21. The van der Waals surface area contributed by atoms with Crippen molar-refractivity contribution in [1.29, 1.82) is 0 Å². The van der Waals surface area contributed by atoms with Crippen LogP contribution in [0, 0.1) is 0 Å². The lowest BCUT2D eigenvalue weighted by Gasteiger charge is -2.16. The number of phenolic OH excluding ortho intramolecular Hbond substituents is 1. The van der Waals surface area contributed by atoms with Crippen molar-refractivity contribution in [3.05, 3.63) is 30.3 Å². The number of hydrogen-bond acceptors (Lipinski definition) is 7. The molecule has 9 heteroatoms. The quantitative estimate of drug-likeness (QED) is 0.791. The summed E-state index contributed by atoms with van der Waals surface area (Å²) in [5.41, 5.74) is 0. The summed E-state index contributed by atoms with van der Waals surface area (Å²) in [6.45, 7) is 0. The lowest BCUT2D eigenvalue weighted by Crippen LogP contribution is -2.05. The Balaban J connectivity index is 3.10. The number of hydrogen-bond donors (Lipinski definition) is 1. The molecule has 2 aromatic rings. The molecule has 0 amide bonds. The fraction of sp³-hybridized carbons (Fsp3) is 0. The Hall–Kier alpha value is -1.68. The van der Waals surface area contributed by atoms with Gasteiger partial charge in [-0.05, 0) is 6.07 Å². The number of benzene rings is 2. The van der Waals surface area contributed by atoms with Crippen LogP contribution in [-0.4, -0.2) is 31.0 Å². The summed E-state index contributed by atoms with van der Waals surface area (Å²) in [5.74, 6) is -0.877. The Labute approximate surface area is 108 Å². The molecular weight excluding hydrogens is 296 g/mol. The van der Waals surface area contributed by atoms with Crippen LogP contribution in [0.15, 0.2) is 40.1 Å². The van der Waals surface area contributed by atoms with Crippen LogP contribution in [0.5, 0.6) is 5.75 Å². The predicted octanol–water partition coefficient (Wildman–Crippen LogP) is 0.354. The Morgan fingerprint density at radius 2 is 1.32 bits per heavy atom. The van der Waals surface area contributed by atoms with E-state index in [0.717, 1.165) is 0 Å². The molecule has 0 bridgehead atoms. The van der Waals surface area contributed by atoms with Gasteiger partial charge in [-0.2, -0.15) is 0 Å². The first kappa shape index (κ1) is 13.7. The maximum atomic E-state index is 11.1. The van der Waals surface area contributed by atoms with Gasteiger partial charge in [-0.15, -0.1) is 0 Å². The fourth-order valence-electron chi connectivity index (χ4n) is 1.70. The molecule has 0 atom stereocenters. The van der Waals surface area contributed by atoms with Crippen LogP contribution in [0.1, 0.15) is 0 Å². The highest BCUT2D eigenvalue weighted by molar-refractivity contribution is 7.86. The van der Waals surface area contributed by atoms with Crippen LogP contribution < -0.4 is 0 Å². The van der Waals surface area contributed by atoms with E-state index in [4.69, 9.17) is 0 Å². The Bertz CT molecular complexity index is 866. The van der Waals surface area contributed by atoms with Gasteiger partial charge in [0.1, 0.15) is 26.0 Å². The highest BCUT2D eigenvalue weighted by Crippen LogP contribution is 2.36. The number of rotatable bonds is 2. The van der Waals surface area contributed by atoms with E-state index < -0.39 is 35.8 Å². The molecule has 1 N–H and O–H groups in total. The van der Waals surface area contributed by atoms with Gasteiger partial charge in [0.05, 0.1) is 9.79 Å². The molecular formula is C10H6O7S2-2. The minimum Gasteiger partial charge on any atom is -0.744 e. The Morgan fingerprint density at radius 3 is 1.79 bits per heavy atom. The van der Waals surface area contributed by atoms with Crippen molar-refractivity contribution in [2.45, 2.75) is 9.79 Å². The van der Waals surface area contributed by atoms with Crippen LogP contribution in [-0.2, 0) is 20.2 Å². The molecule has 2 aromatic carbocycles. The van der Waals surface area contributed by atoms with Crippen molar-refractivity contribution in [2.75, 3.05) is 0 Å². The second-order valence-corrected chi connectivity index (χ2v) is 6.37. The van der Waals surface area contributed by atoms with Crippen LogP contribution in [0.3, 0.4) is 0 Å². The zero-order valence-electron chi connectivity index (χ0n) is 9.10. The van der Waals surface area contributed by atoms with Crippen molar-refractivity contribution in [3.63, 3.8) is 0 Å². The van der Waals surface area contributed by atoms with E-state index in [9.17, 15) is 31.0 Å². The molecule has 0 aliphatic rings. The molecule has 102 valence electrons. The van der Waals surface area contributed by atoms with E-state index in [-0.39, 0.29) is 10.8 Å². The SMILES string of the molecule is O=S(=O)([O-])c1cc(S(=O)(=O)[O-])c2ccccc2c1O. The third kappa shape index (κ3) is 2.40. The minimum atomic E-state index is -5.11. The maximum Gasteiger partial charge on any atom is 0.140 e. The summed E-state index contributed by atoms with van der Waals surface area (Å²) in [6, 6.07) is 5.60. The van der Waals surface area contributed by atoms with Crippen LogP contribution >= 0.6 is 0 Å². The largest absolute Gasteiger partial charge is 0.744 e. The van der Waals surface area contributed by atoms with Gasteiger partial charge in [0.2, 0.25) is 0 Å². The number of aromatic hydroxyl groups is 1. The molecule has 0 aliphatic carbocycles. The summed E-state index contributed by atoms with van der Waals surface area (Å²) in [5, 5.41) is 9.35. The van der Waals surface area contributed by atoms with E-state index in [1.54, 1.807) is 0 Å². The van der Waals surface area contributed by atoms with Crippen LogP contribution in [0.2, 0.25) is 0 Å². The molecule has 7 nitrogen and oxygen atoms in total. The summed E-state index contributed by atoms with van der Waals surface area (Å²) in [6.07, 6.45) is 0. The highest BCUT2D eigenvalue weighted by Gasteiger charge is 2.18. The average Bonchev–Trinajstić information content (AvgIpc) is 2.26. The lowest BCUT2D eigenvalue weighted by molar-refractivity contribution is 0.438. The lowest BCUT2D eigenvalue weighted by atomic mass is 10.1. The molecule has 2 rings (SSSR count). The van der Waals surface area contributed by atoms with Gasteiger partial charge < -0.3 is 14.2 Å². The standard InChI is InChI=1S/C10H8O7S2/c11-10-7-4-2-1-3-6(7)8(18(12,13)14)5-9(10)19(15,16)17/h1-5,11H,(H,12,13,14)(H,15,16,17)/p-2. The molecule has 0 saturated carbocycles. The highest BCUT2D eigenvalue weighted by atomic mass is 32.2. The van der Waals surface area contributed by atoms with Gasteiger partial charge in [-0.25, -0.2) is 16.8 Å². The average molecular weight is 302 g/mol. The minimum absolute atomic E-state index is 0.151. The van der Waals surface area contributed by atoms with Crippen molar-refractivity contribution < 1.29 is 31.0 Å². The van der Waals surface area contributed by atoms with Crippen LogP contribution in [0.4, 0.5) is 0 Å². The molecule has 0 saturated heterocycles. The second-order valence-electron chi connectivity index (χ2n) is 3.68. The molecule has 0 aliphatic heterocycles. The first-order valence-electron chi connectivity index (χ1n) is 4.79. The molecule has 0 heterocycles. The number of phenols is 1.